The van der Waals surface area contributed by atoms with Crippen molar-refractivity contribution in [3.8, 4) is 11.4 Å². The van der Waals surface area contributed by atoms with Gasteiger partial charge in [-0.05, 0) is 25.0 Å². The van der Waals surface area contributed by atoms with Gasteiger partial charge in [-0.1, -0.05) is 111 Å². The standard InChI is InChI=1S/C33H40N4.3ClH/c1-24-16-18-28(19-17-24)32-34-29(31(35-32)33(3,4)5)25(2)36-20-22-37(23-21-36)30(26-12-8-6-9-13-26)27-14-10-7-11-15-27;;;/h6-19,25,30H,20-23H2,1-5H3,(H,34,35);3*1H. The average molecular weight is 602 g/mol. The van der Waals surface area contributed by atoms with Crippen LogP contribution in [0.2, 0.25) is 0 Å². The Kier molecular flexibility index (Phi) is 12.3. The second kappa shape index (κ2) is 14.5. The van der Waals surface area contributed by atoms with Gasteiger partial charge in [-0.15, -0.1) is 37.2 Å². The molecular weight excluding hydrogens is 559 g/mol. The van der Waals surface area contributed by atoms with Gasteiger partial charge in [0.2, 0.25) is 0 Å². The van der Waals surface area contributed by atoms with Crippen molar-refractivity contribution in [1.29, 1.82) is 0 Å². The van der Waals surface area contributed by atoms with Crippen molar-refractivity contribution in [2.24, 2.45) is 0 Å². The summed E-state index contributed by atoms with van der Waals surface area (Å²) in [4.78, 5) is 14.1. The van der Waals surface area contributed by atoms with E-state index in [1.54, 1.807) is 0 Å². The Hall–Kier alpha value is -2.34. The van der Waals surface area contributed by atoms with Crippen LogP contribution >= 0.6 is 37.2 Å². The predicted molar refractivity (Wildman–Crippen MR) is 175 cm³/mol. The third kappa shape index (κ3) is 7.48. The summed E-state index contributed by atoms with van der Waals surface area (Å²) in [6.45, 7) is 15.4. The lowest BCUT2D eigenvalue weighted by Gasteiger charge is -2.42. The molecule has 0 bridgehead atoms. The molecular formula is C33H43Cl3N4. The van der Waals surface area contributed by atoms with Crippen molar-refractivity contribution >= 4 is 37.2 Å². The largest absolute Gasteiger partial charge is 0.340 e. The number of aromatic nitrogens is 2. The van der Waals surface area contributed by atoms with Crippen LogP contribution in [0.15, 0.2) is 84.9 Å². The van der Waals surface area contributed by atoms with Crippen LogP contribution in [-0.2, 0) is 5.41 Å². The number of hydrogen-bond donors (Lipinski definition) is 1. The van der Waals surface area contributed by atoms with Gasteiger partial charge < -0.3 is 4.98 Å². The summed E-state index contributed by atoms with van der Waals surface area (Å²) in [5, 5.41) is 0. The molecule has 1 aliphatic rings. The van der Waals surface area contributed by atoms with Crippen LogP contribution in [0.1, 0.15) is 67.9 Å². The van der Waals surface area contributed by atoms with Crippen molar-refractivity contribution in [3.63, 3.8) is 0 Å². The molecule has 1 fully saturated rings. The van der Waals surface area contributed by atoms with E-state index in [4.69, 9.17) is 4.98 Å². The Labute approximate surface area is 258 Å². The molecule has 1 N–H and O–H groups in total. The van der Waals surface area contributed by atoms with Gasteiger partial charge in [-0.2, -0.15) is 0 Å². The molecule has 3 aromatic carbocycles. The molecule has 0 saturated carbocycles. The summed E-state index contributed by atoms with van der Waals surface area (Å²) in [6.07, 6.45) is 0. The highest BCUT2D eigenvalue weighted by Crippen LogP contribution is 2.35. The van der Waals surface area contributed by atoms with Gasteiger partial charge in [-0.3, -0.25) is 9.80 Å². The number of nitrogens with zero attached hydrogens (tertiary/aromatic N) is 3. The zero-order valence-corrected chi connectivity index (χ0v) is 26.6. The smallest absolute Gasteiger partial charge is 0.137 e. The fourth-order valence-corrected chi connectivity index (χ4v) is 5.56. The Morgan fingerprint density at radius 1 is 0.700 bits per heavy atom. The number of halogens is 3. The molecule has 0 aliphatic carbocycles. The second-order valence-corrected chi connectivity index (χ2v) is 11.4. The van der Waals surface area contributed by atoms with Crippen molar-refractivity contribution in [3.05, 3.63) is 113 Å². The van der Waals surface area contributed by atoms with E-state index in [9.17, 15) is 0 Å². The summed E-state index contributed by atoms with van der Waals surface area (Å²) >= 11 is 0. The molecule has 1 unspecified atom stereocenters. The van der Waals surface area contributed by atoms with Gasteiger partial charge in [0.25, 0.3) is 0 Å². The number of nitrogens with one attached hydrogen (secondary N) is 1. The molecule has 1 aromatic heterocycles. The van der Waals surface area contributed by atoms with Crippen LogP contribution in [0.5, 0.6) is 0 Å². The van der Waals surface area contributed by atoms with E-state index in [2.05, 4.69) is 134 Å². The minimum absolute atomic E-state index is 0. The highest BCUT2D eigenvalue weighted by atomic mass is 35.5. The third-order valence-electron chi connectivity index (χ3n) is 7.68. The summed E-state index contributed by atoms with van der Waals surface area (Å²) in [7, 11) is 0. The van der Waals surface area contributed by atoms with Gasteiger partial charge >= 0.3 is 0 Å². The Morgan fingerprint density at radius 2 is 1.18 bits per heavy atom. The SMILES string of the molecule is Cc1ccc(-c2nc(C(C)(C)C)c(C(C)N3CCN(C(c4ccccc4)c4ccccc4)CC3)[nH]2)cc1.Cl.Cl.Cl. The van der Waals surface area contributed by atoms with Gasteiger partial charge in [-0.25, -0.2) is 4.98 Å². The van der Waals surface area contributed by atoms with Crippen LogP contribution in [0.3, 0.4) is 0 Å². The Balaban J connectivity index is 0.00000187. The summed E-state index contributed by atoms with van der Waals surface area (Å²) in [5.74, 6) is 0.971. The minimum atomic E-state index is -0.0312. The van der Waals surface area contributed by atoms with E-state index >= 15 is 0 Å². The second-order valence-electron chi connectivity index (χ2n) is 11.4. The van der Waals surface area contributed by atoms with E-state index in [1.807, 2.05) is 0 Å². The normalized spacial score (nSPS) is 15.1. The highest BCUT2D eigenvalue weighted by molar-refractivity contribution is 5.86. The first-order valence-corrected chi connectivity index (χ1v) is 13.6. The molecule has 1 atom stereocenters. The summed E-state index contributed by atoms with van der Waals surface area (Å²) in [6, 6.07) is 31.1. The summed E-state index contributed by atoms with van der Waals surface area (Å²) < 4.78 is 0. The molecule has 2 heterocycles. The maximum Gasteiger partial charge on any atom is 0.137 e. The molecule has 216 valence electrons. The van der Waals surface area contributed by atoms with E-state index < -0.39 is 0 Å². The highest BCUT2D eigenvalue weighted by Gasteiger charge is 2.32. The predicted octanol–water partition coefficient (Wildman–Crippen LogP) is 8.42. The lowest BCUT2D eigenvalue weighted by molar-refractivity contribution is 0.0822. The van der Waals surface area contributed by atoms with E-state index in [0.29, 0.717) is 0 Å². The third-order valence-corrected chi connectivity index (χ3v) is 7.68. The molecule has 5 rings (SSSR count). The maximum absolute atomic E-state index is 5.13. The molecule has 7 heteroatoms. The lowest BCUT2D eigenvalue weighted by Crippen LogP contribution is -2.48. The number of piperazine rings is 1. The lowest BCUT2D eigenvalue weighted by atomic mass is 9.89. The van der Waals surface area contributed by atoms with Crippen LogP contribution in [0, 0.1) is 6.92 Å². The molecule has 40 heavy (non-hydrogen) atoms. The first-order chi connectivity index (χ1) is 17.8. The number of rotatable bonds is 6. The van der Waals surface area contributed by atoms with Crippen molar-refractivity contribution in [1.82, 2.24) is 19.8 Å². The molecule has 0 radical (unpaired) electrons. The van der Waals surface area contributed by atoms with Crippen LogP contribution in [0.4, 0.5) is 0 Å². The molecule has 0 spiro atoms. The van der Waals surface area contributed by atoms with Crippen molar-refractivity contribution < 1.29 is 0 Å². The van der Waals surface area contributed by atoms with Gasteiger partial charge in [0.05, 0.1) is 17.4 Å². The number of benzene rings is 3. The zero-order chi connectivity index (χ0) is 26.0. The van der Waals surface area contributed by atoms with E-state index in [0.717, 1.165) is 37.6 Å². The monoisotopic (exact) mass is 600 g/mol. The number of aryl methyl sites for hydroxylation is 1. The Bertz CT molecular complexity index is 1250. The van der Waals surface area contributed by atoms with Gasteiger partial charge in [0.1, 0.15) is 5.82 Å². The quantitative estimate of drug-likeness (QED) is 0.241. The van der Waals surface area contributed by atoms with Crippen LogP contribution < -0.4 is 0 Å². The first kappa shape index (κ1) is 33.9. The van der Waals surface area contributed by atoms with Crippen molar-refractivity contribution in [2.45, 2.75) is 52.1 Å². The minimum Gasteiger partial charge on any atom is -0.340 e. The molecule has 4 nitrogen and oxygen atoms in total. The molecule has 4 aromatic rings. The fourth-order valence-electron chi connectivity index (χ4n) is 5.56. The number of imidazole rings is 1. The molecule has 1 saturated heterocycles. The maximum atomic E-state index is 5.13. The first-order valence-electron chi connectivity index (χ1n) is 13.6. The van der Waals surface area contributed by atoms with Crippen molar-refractivity contribution in [2.75, 3.05) is 26.2 Å². The summed E-state index contributed by atoms with van der Waals surface area (Å²) in [5.41, 5.74) is 7.53. The Morgan fingerprint density at radius 3 is 1.65 bits per heavy atom. The molecule has 1 aliphatic heterocycles. The number of aromatic amines is 1. The van der Waals surface area contributed by atoms with E-state index in [1.165, 1.54) is 28.1 Å². The van der Waals surface area contributed by atoms with Gasteiger partial charge in [0.15, 0.2) is 0 Å². The van der Waals surface area contributed by atoms with Gasteiger partial charge in [0, 0.05) is 43.2 Å². The topological polar surface area (TPSA) is 35.2 Å². The van der Waals surface area contributed by atoms with E-state index in [-0.39, 0.29) is 54.7 Å². The fraction of sp³-hybridized carbons (Fsp3) is 0.364. The van der Waals surface area contributed by atoms with Crippen LogP contribution in [-0.4, -0.2) is 45.9 Å². The average Bonchev–Trinajstić information content (AvgIpc) is 3.37. The number of hydrogen-bond acceptors (Lipinski definition) is 3. The zero-order valence-electron chi connectivity index (χ0n) is 24.1. The number of H-pyrrole nitrogens is 1. The van der Waals surface area contributed by atoms with Crippen LogP contribution in [0.25, 0.3) is 11.4 Å². The molecule has 0 amide bonds.